The van der Waals surface area contributed by atoms with Crippen LogP contribution in [-0.4, -0.2) is 18.5 Å². The topological polar surface area (TPSA) is 41.1 Å². The zero-order chi connectivity index (χ0) is 19.3. The van der Waals surface area contributed by atoms with Crippen molar-refractivity contribution in [3.63, 3.8) is 0 Å². The summed E-state index contributed by atoms with van der Waals surface area (Å²) < 4.78 is 13.6. The van der Waals surface area contributed by atoms with Gasteiger partial charge in [-0.15, -0.1) is 0 Å². The number of allylic oxidation sites excluding steroid dienone is 2. The molecule has 2 aliphatic rings. The van der Waals surface area contributed by atoms with E-state index in [1.807, 2.05) is 12.1 Å². The van der Waals surface area contributed by atoms with Gasteiger partial charge in [0, 0.05) is 29.2 Å². The number of hydrogen-bond acceptors (Lipinski definition) is 2. The summed E-state index contributed by atoms with van der Waals surface area (Å²) in [6.07, 6.45) is 2.25. The van der Waals surface area contributed by atoms with Gasteiger partial charge >= 0.3 is 0 Å². The minimum Gasteiger partial charge on any atom is -0.325 e. The molecule has 1 amide bonds. The molecule has 1 aromatic carbocycles. The van der Waals surface area contributed by atoms with E-state index in [0.717, 1.165) is 17.7 Å². The highest BCUT2D eigenvalue weighted by molar-refractivity contribution is 6.31. The summed E-state index contributed by atoms with van der Waals surface area (Å²) in [7, 11) is 0. The van der Waals surface area contributed by atoms with E-state index in [1.54, 1.807) is 6.07 Å². The van der Waals surface area contributed by atoms with Gasteiger partial charge in [0.25, 0.3) is 0 Å². The quantitative estimate of drug-likeness (QED) is 0.730. The van der Waals surface area contributed by atoms with Crippen LogP contribution in [0, 0.1) is 11.3 Å². The molecule has 0 saturated carbocycles. The molecule has 1 saturated heterocycles. The Kier molecular flexibility index (Phi) is 4.78. The van der Waals surface area contributed by atoms with Gasteiger partial charge in [-0.1, -0.05) is 45.0 Å². The Hall–Kier alpha value is -1.65. The molecule has 2 N–H and O–H groups in total. The fourth-order valence-electron chi connectivity index (χ4n) is 4.47. The van der Waals surface area contributed by atoms with E-state index in [4.69, 9.17) is 11.6 Å². The standard InChI is InChI=1S/C21H26ClFN2O/c1-12(8-13(2)23)16-11-24-18(10-20(3,4)5)21(16)15-7-6-14(22)9-17(15)25-19(21)26/h6-9,16,18,24H,1,10-11H2,2-5H3,(H,25,26). The monoisotopic (exact) mass is 376 g/mol. The summed E-state index contributed by atoms with van der Waals surface area (Å²) in [5.41, 5.74) is 1.51. The predicted molar refractivity (Wildman–Crippen MR) is 105 cm³/mol. The van der Waals surface area contributed by atoms with Gasteiger partial charge in [-0.2, -0.15) is 0 Å². The number of carbonyl (C=O) groups is 1. The van der Waals surface area contributed by atoms with Crippen LogP contribution in [0.1, 0.15) is 39.7 Å². The molecule has 3 atom stereocenters. The van der Waals surface area contributed by atoms with E-state index in [-0.39, 0.29) is 29.1 Å². The van der Waals surface area contributed by atoms with Crippen molar-refractivity contribution in [2.75, 3.05) is 11.9 Å². The van der Waals surface area contributed by atoms with Crippen molar-refractivity contribution in [2.24, 2.45) is 11.3 Å². The second-order valence-corrected chi connectivity index (χ2v) is 9.03. The van der Waals surface area contributed by atoms with Crippen LogP contribution < -0.4 is 10.6 Å². The molecule has 140 valence electrons. The van der Waals surface area contributed by atoms with Crippen molar-refractivity contribution in [1.82, 2.24) is 5.32 Å². The maximum atomic E-state index is 13.6. The number of carbonyl (C=O) groups excluding carboxylic acids is 1. The van der Waals surface area contributed by atoms with Crippen molar-refractivity contribution in [1.29, 1.82) is 0 Å². The zero-order valence-electron chi connectivity index (χ0n) is 15.7. The second kappa shape index (κ2) is 6.50. The molecular formula is C21H26ClFN2O. The summed E-state index contributed by atoms with van der Waals surface area (Å²) >= 11 is 6.13. The average molecular weight is 377 g/mol. The Morgan fingerprint density at radius 3 is 2.77 bits per heavy atom. The number of amides is 1. The van der Waals surface area contributed by atoms with E-state index in [2.05, 4.69) is 38.0 Å². The van der Waals surface area contributed by atoms with Gasteiger partial charge in [-0.3, -0.25) is 4.79 Å². The predicted octanol–water partition coefficient (Wildman–Crippen LogP) is 4.98. The lowest BCUT2D eigenvalue weighted by molar-refractivity contribution is -0.122. The minimum absolute atomic E-state index is 0.0300. The highest BCUT2D eigenvalue weighted by Gasteiger charge is 2.61. The Morgan fingerprint density at radius 1 is 1.46 bits per heavy atom. The molecule has 0 aromatic heterocycles. The smallest absolute Gasteiger partial charge is 0.237 e. The van der Waals surface area contributed by atoms with Gasteiger partial charge in [0.05, 0.1) is 11.2 Å². The van der Waals surface area contributed by atoms with Crippen LogP contribution in [0.5, 0.6) is 0 Å². The lowest BCUT2D eigenvalue weighted by Crippen LogP contribution is -2.50. The number of anilines is 1. The van der Waals surface area contributed by atoms with Crippen LogP contribution in [0.25, 0.3) is 0 Å². The average Bonchev–Trinajstić information content (AvgIpc) is 2.97. The molecule has 2 aliphatic heterocycles. The maximum absolute atomic E-state index is 13.6. The molecular weight excluding hydrogens is 351 g/mol. The molecule has 3 unspecified atom stereocenters. The molecule has 0 aliphatic carbocycles. The van der Waals surface area contributed by atoms with E-state index in [9.17, 15) is 9.18 Å². The molecule has 0 radical (unpaired) electrons. The number of nitrogens with one attached hydrogen (secondary N) is 2. The molecule has 1 spiro atoms. The molecule has 26 heavy (non-hydrogen) atoms. The number of halogens is 2. The largest absolute Gasteiger partial charge is 0.325 e. The van der Waals surface area contributed by atoms with Crippen LogP contribution in [0.4, 0.5) is 10.1 Å². The summed E-state index contributed by atoms with van der Waals surface area (Å²) in [6, 6.07) is 5.45. The third-order valence-corrected chi connectivity index (χ3v) is 5.60. The Balaban J connectivity index is 2.17. The molecule has 1 aromatic rings. The first-order chi connectivity index (χ1) is 12.1. The maximum Gasteiger partial charge on any atom is 0.237 e. The SMILES string of the molecule is C=C(C=C(C)F)C1CNC(CC(C)(C)C)C12C(=O)Nc1cc(Cl)ccc12. The fraction of sp³-hybridized carbons (Fsp3) is 0.476. The van der Waals surface area contributed by atoms with Crippen LogP contribution in [-0.2, 0) is 10.2 Å². The van der Waals surface area contributed by atoms with Crippen LogP contribution in [0.3, 0.4) is 0 Å². The van der Waals surface area contributed by atoms with Gasteiger partial charge in [-0.25, -0.2) is 4.39 Å². The lowest BCUT2D eigenvalue weighted by atomic mass is 9.64. The third kappa shape index (κ3) is 3.10. The summed E-state index contributed by atoms with van der Waals surface area (Å²) in [6.45, 7) is 12.5. The van der Waals surface area contributed by atoms with Gasteiger partial charge in [0.1, 0.15) is 0 Å². The Labute approximate surface area is 159 Å². The van der Waals surface area contributed by atoms with Gasteiger partial charge in [0.15, 0.2) is 0 Å². The normalized spacial score (nSPS) is 28.4. The number of rotatable bonds is 3. The highest BCUT2D eigenvalue weighted by Crippen LogP contribution is 2.53. The van der Waals surface area contributed by atoms with Crippen LogP contribution in [0.15, 0.2) is 42.3 Å². The first kappa shape index (κ1) is 19.1. The summed E-state index contributed by atoms with van der Waals surface area (Å²) in [5.74, 6) is -0.591. The zero-order valence-corrected chi connectivity index (χ0v) is 16.5. The highest BCUT2D eigenvalue weighted by atomic mass is 35.5. The number of benzene rings is 1. The summed E-state index contributed by atoms with van der Waals surface area (Å²) in [5, 5.41) is 7.11. The van der Waals surface area contributed by atoms with E-state index >= 15 is 0 Å². The van der Waals surface area contributed by atoms with Gasteiger partial charge in [-0.05, 0) is 48.1 Å². The molecule has 3 rings (SSSR count). The third-order valence-electron chi connectivity index (χ3n) is 5.37. The first-order valence-corrected chi connectivity index (χ1v) is 9.31. The van der Waals surface area contributed by atoms with Crippen molar-refractivity contribution >= 4 is 23.2 Å². The molecule has 2 heterocycles. The first-order valence-electron chi connectivity index (χ1n) is 8.93. The van der Waals surface area contributed by atoms with E-state index in [0.29, 0.717) is 17.1 Å². The van der Waals surface area contributed by atoms with Crippen molar-refractivity contribution in [3.05, 3.63) is 52.8 Å². The molecule has 0 bridgehead atoms. The van der Waals surface area contributed by atoms with Crippen LogP contribution in [0.2, 0.25) is 5.02 Å². The number of hydrogen-bond donors (Lipinski definition) is 2. The minimum atomic E-state index is -0.809. The van der Waals surface area contributed by atoms with Crippen molar-refractivity contribution in [3.8, 4) is 0 Å². The molecule has 5 heteroatoms. The van der Waals surface area contributed by atoms with E-state index < -0.39 is 5.41 Å². The van der Waals surface area contributed by atoms with Gasteiger partial charge < -0.3 is 10.6 Å². The molecule has 1 fully saturated rings. The Bertz CT molecular complexity index is 792. The van der Waals surface area contributed by atoms with Crippen molar-refractivity contribution < 1.29 is 9.18 Å². The molecule has 3 nitrogen and oxygen atoms in total. The lowest BCUT2D eigenvalue weighted by Gasteiger charge is -2.37. The summed E-state index contributed by atoms with van der Waals surface area (Å²) in [4.78, 5) is 13.3. The fourth-order valence-corrected chi connectivity index (χ4v) is 4.64. The van der Waals surface area contributed by atoms with E-state index in [1.165, 1.54) is 13.0 Å². The second-order valence-electron chi connectivity index (χ2n) is 8.60. The van der Waals surface area contributed by atoms with Crippen molar-refractivity contribution in [2.45, 2.75) is 45.6 Å². The van der Waals surface area contributed by atoms with Crippen LogP contribution >= 0.6 is 11.6 Å². The van der Waals surface area contributed by atoms with Gasteiger partial charge in [0.2, 0.25) is 5.91 Å². The Morgan fingerprint density at radius 2 is 2.15 bits per heavy atom. The number of fused-ring (bicyclic) bond motifs is 2.